The van der Waals surface area contributed by atoms with Crippen molar-refractivity contribution in [2.75, 3.05) is 50.7 Å². The number of fused-ring (bicyclic) bond motifs is 1. The molecule has 2 N–H and O–H groups in total. The highest BCUT2D eigenvalue weighted by Crippen LogP contribution is 2.51. The largest absolute Gasteiger partial charge is 0.444 e. The quantitative estimate of drug-likeness (QED) is 0.465. The standard InChI is InChI=1S/C31H42F2N8O4/c1-29(2,3)45-28(43)38-17-30(18-38)13-14-39(19-31(30,32)33)41(20-9-7-6-8-10-20)25-15-22(34-4)26-35-16-23(40(26)37-25)27(42)36-21-11-12-24(21)44-5/h6-7,9,15-16,21,24,34H,8,10-14,17-19H2,1-5H3,(H,36,42)/t21-,24-/m1/s1. The number of hydrazine groups is 1. The summed E-state index contributed by atoms with van der Waals surface area (Å²) in [6.07, 6.45) is 9.97. The van der Waals surface area contributed by atoms with Crippen molar-refractivity contribution in [1.29, 1.82) is 0 Å². The van der Waals surface area contributed by atoms with Crippen LogP contribution in [-0.2, 0) is 9.47 Å². The molecule has 2 aliphatic heterocycles. The molecule has 2 atom stereocenters. The third-order valence-electron chi connectivity index (χ3n) is 9.19. The van der Waals surface area contributed by atoms with E-state index in [2.05, 4.69) is 15.6 Å². The van der Waals surface area contributed by atoms with Gasteiger partial charge in [0.15, 0.2) is 17.2 Å². The van der Waals surface area contributed by atoms with Gasteiger partial charge in [0, 0.05) is 45.6 Å². The molecule has 12 nitrogen and oxygen atoms in total. The minimum Gasteiger partial charge on any atom is -0.444 e. The van der Waals surface area contributed by atoms with Crippen molar-refractivity contribution in [2.45, 2.75) is 76.5 Å². The van der Waals surface area contributed by atoms with Gasteiger partial charge >= 0.3 is 6.09 Å². The van der Waals surface area contributed by atoms with E-state index in [1.165, 1.54) is 15.6 Å². The third-order valence-corrected chi connectivity index (χ3v) is 9.19. The Morgan fingerprint density at radius 1 is 1.18 bits per heavy atom. The second-order valence-corrected chi connectivity index (χ2v) is 13.4. The summed E-state index contributed by atoms with van der Waals surface area (Å²) in [5.41, 5.74) is 0.0703. The van der Waals surface area contributed by atoms with E-state index < -0.39 is 29.6 Å². The van der Waals surface area contributed by atoms with Gasteiger partial charge in [-0.15, -0.1) is 5.10 Å². The number of alkyl halides is 2. The van der Waals surface area contributed by atoms with Crippen LogP contribution in [0.2, 0.25) is 0 Å². The minimum atomic E-state index is -3.09. The van der Waals surface area contributed by atoms with Crippen molar-refractivity contribution < 1.29 is 27.8 Å². The molecule has 3 fully saturated rings. The summed E-state index contributed by atoms with van der Waals surface area (Å²) < 4.78 is 44.6. The van der Waals surface area contributed by atoms with E-state index in [1.807, 2.05) is 18.2 Å². The number of ether oxygens (including phenoxy) is 2. The number of allylic oxidation sites excluding steroid dienone is 4. The van der Waals surface area contributed by atoms with Crippen molar-refractivity contribution >= 4 is 29.2 Å². The molecule has 244 valence electrons. The van der Waals surface area contributed by atoms with Gasteiger partial charge in [-0.1, -0.05) is 12.2 Å². The molecule has 2 aliphatic carbocycles. The molecule has 0 bridgehead atoms. The number of halogens is 2. The highest BCUT2D eigenvalue weighted by molar-refractivity contribution is 5.94. The molecule has 2 aromatic rings. The molecule has 0 radical (unpaired) electrons. The van der Waals surface area contributed by atoms with Gasteiger partial charge in [0.05, 0.1) is 36.0 Å². The number of nitrogens with one attached hydrogen (secondary N) is 2. The van der Waals surface area contributed by atoms with Crippen molar-refractivity contribution in [3.63, 3.8) is 0 Å². The topological polar surface area (TPSA) is 117 Å². The fraction of sp³-hybridized carbons (Fsp3) is 0.613. The van der Waals surface area contributed by atoms with E-state index >= 15 is 8.78 Å². The van der Waals surface area contributed by atoms with Gasteiger partial charge in [-0.3, -0.25) is 9.80 Å². The van der Waals surface area contributed by atoms with Crippen LogP contribution in [0.15, 0.2) is 36.2 Å². The number of likely N-dealkylation sites (tertiary alicyclic amines) is 1. The smallest absolute Gasteiger partial charge is 0.410 e. The van der Waals surface area contributed by atoms with Crippen molar-refractivity contribution in [3.05, 3.63) is 41.9 Å². The van der Waals surface area contributed by atoms with E-state index in [9.17, 15) is 9.59 Å². The summed E-state index contributed by atoms with van der Waals surface area (Å²) in [6, 6.07) is 1.67. The molecule has 4 aliphatic rings. The highest BCUT2D eigenvalue weighted by Gasteiger charge is 2.64. The predicted octanol–water partition coefficient (Wildman–Crippen LogP) is 4.21. The predicted molar refractivity (Wildman–Crippen MR) is 164 cm³/mol. The van der Waals surface area contributed by atoms with Crippen LogP contribution >= 0.6 is 0 Å². The zero-order valence-corrected chi connectivity index (χ0v) is 26.5. The first-order valence-corrected chi connectivity index (χ1v) is 15.5. The summed E-state index contributed by atoms with van der Waals surface area (Å²) in [5, 5.41) is 14.4. The molecule has 6 rings (SSSR count). The molecule has 1 saturated carbocycles. The lowest BCUT2D eigenvalue weighted by molar-refractivity contribution is -0.219. The lowest BCUT2D eigenvalue weighted by Gasteiger charge is -2.58. The molecule has 2 aromatic heterocycles. The molecule has 4 heterocycles. The number of anilines is 2. The first kappa shape index (κ1) is 31.2. The number of aromatic nitrogens is 3. The van der Waals surface area contributed by atoms with Gasteiger partial charge in [0.2, 0.25) is 0 Å². The number of carbonyl (C=O) groups is 2. The number of hydrogen-bond donors (Lipinski definition) is 2. The van der Waals surface area contributed by atoms with Gasteiger partial charge in [-0.2, -0.15) is 0 Å². The van der Waals surface area contributed by atoms with E-state index in [-0.39, 0.29) is 43.3 Å². The summed E-state index contributed by atoms with van der Waals surface area (Å²) in [4.78, 5) is 31.7. The van der Waals surface area contributed by atoms with E-state index in [0.29, 0.717) is 30.1 Å². The molecule has 45 heavy (non-hydrogen) atoms. The zero-order chi connectivity index (χ0) is 32.1. The normalized spacial score (nSPS) is 24.1. The highest BCUT2D eigenvalue weighted by atomic mass is 19.3. The Balaban J connectivity index is 1.29. The summed E-state index contributed by atoms with van der Waals surface area (Å²) >= 11 is 0. The summed E-state index contributed by atoms with van der Waals surface area (Å²) in [7, 11) is 3.37. The van der Waals surface area contributed by atoms with Crippen LogP contribution in [0.25, 0.3) is 5.65 Å². The van der Waals surface area contributed by atoms with Gasteiger partial charge in [0.1, 0.15) is 5.60 Å². The molecular weight excluding hydrogens is 586 g/mol. The molecule has 2 amide bonds. The van der Waals surface area contributed by atoms with Crippen LogP contribution in [0.1, 0.15) is 63.4 Å². The van der Waals surface area contributed by atoms with Crippen LogP contribution in [-0.4, -0.2) is 101 Å². The average Bonchev–Trinajstić information content (AvgIpc) is 3.38. The van der Waals surface area contributed by atoms with Crippen molar-refractivity contribution in [3.8, 4) is 0 Å². The van der Waals surface area contributed by atoms with E-state index in [0.717, 1.165) is 25.0 Å². The van der Waals surface area contributed by atoms with Crippen molar-refractivity contribution in [1.82, 2.24) is 29.8 Å². The van der Waals surface area contributed by atoms with Crippen LogP contribution in [0.3, 0.4) is 0 Å². The molecular formula is C31H42F2N8O4. The van der Waals surface area contributed by atoms with Gasteiger partial charge in [-0.05, 0) is 59.0 Å². The Labute approximate surface area is 261 Å². The fourth-order valence-corrected chi connectivity index (χ4v) is 6.50. The monoisotopic (exact) mass is 628 g/mol. The average molecular weight is 629 g/mol. The summed E-state index contributed by atoms with van der Waals surface area (Å²) in [6.45, 7) is 4.93. The third kappa shape index (κ3) is 5.73. The number of rotatable bonds is 7. The first-order valence-electron chi connectivity index (χ1n) is 15.5. The minimum absolute atomic E-state index is 0.0396. The number of carbonyl (C=O) groups excluding carboxylic acids is 2. The summed E-state index contributed by atoms with van der Waals surface area (Å²) in [5.74, 6) is -3.04. The maximum absolute atomic E-state index is 16.1. The van der Waals surface area contributed by atoms with E-state index in [1.54, 1.807) is 51.0 Å². The number of imidazole rings is 1. The maximum atomic E-state index is 16.1. The second-order valence-electron chi connectivity index (χ2n) is 13.4. The molecule has 14 heteroatoms. The molecule has 1 spiro atoms. The number of nitrogens with zero attached hydrogens (tertiary/aromatic N) is 6. The Hall–Kier alpha value is -3.78. The van der Waals surface area contributed by atoms with Crippen LogP contribution in [0, 0.1) is 5.41 Å². The van der Waals surface area contributed by atoms with Crippen molar-refractivity contribution in [2.24, 2.45) is 5.41 Å². The lowest BCUT2D eigenvalue weighted by atomic mass is 9.69. The zero-order valence-electron chi connectivity index (χ0n) is 26.5. The van der Waals surface area contributed by atoms with Gasteiger partial charge in [0.25, 0.3) is 11.8 Å². The van der Waals surface area contributed by atoms with E-state index in [4.69, 9.17) is 14.6 Å². The van der Waals surface area contributed by atoms with Gasteiger partial charge < -0.3 is 25.0 Å². The van der Waals surface area contributed by atoms with Crippen LogP contribution in [0.5, 0.6) is 0 Å². The number of hydrogen-bond acceptors (Lipinski definition) is 9. The lowest BCUT2D eigenvalue weighted by Crippen LogP contribution is -2.72. The Bertz CT molecular complexity index is 1530. The first-order chi connectivity index (χ1) is 21.3. The van der Waals surface area contributed by atoms with Crippen LogP contribution in [0.4, 0.5) is 25.1 Å². The molecule has 0 aromatic carbocycles. The molecule has 2 saturated heterocycles. The second kappa shape index (κ2) is 11.5. The Morgan fingerprint density at radius 3 is 2.56 bits per heavy atom. The van der Waals surface area contributed by atoms with Crippen LogP contribution < -0.4 is 15.6 Å². The number of amides is 2. The Kier molecular flexibility index (Phi) is 8.00. The maximum Gasteiger partial charge on any atom is 0.410 e. The Morgan fingerprint density at radius 2 is 1.96 bits per heavy atom. The SMILES string of the molecule is CNc1cc(N(C2=CC=CCC2)N2CCC3(CN(C(=O)OC(C)(C)C)C3)C(F)(F)C2)nn2c(C(=O)N[C@@H]3CC[C@H]3OC)cnc12. The number of piperidine rings is 1. The molecule has 0 unspecified atom stereocenters. The fourth-order valence-electron chi connectivity index (χ4n) is 6.50. The number of methoxy groups -OCH3 is 1. The van der Waals surface area contributed by atoms with Gasteiger partial charge in [-0.25, -0.2) is 28.1 Å².